The summed E-state index contributed by atoms with van der Waals surface area (Å²) in [6.45, 7) is 4.14. The van der Waals surface area contributed by atoms with Gasteiger partial charge in [-0.25, -0.2) is 4.79 Å². The molecular formula is C20H27N3O5. The maximum Gasteiger partial charge on any atom is 0.317 e. The molecule has 1 aliphatic carbocycles. The van der Waals surface area contributed by atoms with E-state index in [1.165, 1.54) is 0 Å². The maximum absolute atomic E-state index is 12.4. The number of benzene rings is 1. The maximum atomic E-state index is 12.4. The summed E-state index contributed by atoms with van der Waals surface area (Å²) in [4.78, 5) is 36.9. The number of nitrogens with zero attached hydrogens (tertiary/aromatic N) is 1. The van der Waals surface area contributed by atoms with Gasteiger partial charge in [0, 0.05) is 19.1 Å². The van der Waals surface area contributed by atoms with Crippen LogP contribution in [0.4, 0.5) is 4.79 Å². The van der Waals surface area contributed by atoms with E-state index in [9.17, 15) is 19.5 Å². The lowest BCUT2D eigenvalue weighted by Gasteiger charge is -2.23. The van der Waals surface area contributed by atoms with Gasteiger partial charge in [-0.1, -0.05) is 12.1 Å². The molecule has 8 heteroatoms. The minimum Gasteiger partial charge on any atom is -0.484 e. The summed E-state index contributed by atoms with van der Waals surface area (Å²) in [6.07, 6.45) is 2.53. The highest BCUT2D eigenvalue weighted by Gasteiger charge is 2.42. The number of amides is 3. The fourth-order valence-electron chi connectivity index (χ4n) is 3.17. The van der Waals surface area contributed by atoms with Gasteiger partial charge in [0.25, 0.3) is 5.91 Å². The van der Waals surface area contributed by atoms with Gasteiger partial charge in [-0.05, 0) is 50.8 Å². The molecule has 3 amide bonds. The van der Waals surface area contributed by atoms with Gasteiger partial charge in [-0.3, -0.25) is 9.59 Å². The van der Waals surface area contributed by atoms with E-state index in [0.717, 1.165) is 18.4 Å². The van der Waals surface area contributed by atoms with Crippen LogP contribution >= 0.6 is 0 Å². The Hall–Kier alpha value is -2.77. The first kappa shape index (κ1) is 20.0. The molecule has 2 aliphatic rings. The number of likely N-dealkylation sites (tertiary alicyclic amines) is 1. The normalized spacial score (nSPS) is 22.4. The molecule has 2 unspecified atom stereocenters. The Kier molecular flexibility index (Phi) is 5.76. The summed E-state index contributed by atoms with van der Waals surface area (Å²) in [7, 11) is 0. The van der Waals surface area contributed by atoms with Gasteiger partial charge in [0.1, 0.15) is 5.75 Å². The number of carboxylic acids is 1. The van der Waals surface area contributed by atoms with Crippen LogP contribution in [-0.2, 0) is 9.59 Å². The summed E-state index contributed by atoms with van der Waals surface area (Å²) >= 11 is 0. The average molecular weight is 389 g/mol. The molecule has 1 aromatic rings. The number of rotatable bonds is 7. The molecule has 3 N–H and O–H groups in total. The second-order valence-electron chi connectivity index (χ2n) is 7.91. The Morgan fingerprint density at radius 2 is 1.96 bits per heavy atom. The van der Waals surface area contributed by atoms with E-state index in [1.807, 2.05) is 19.1 Å². The number of nitrogens with one attached hydrogen (secondary N) is 2. The number of ether oxygens (including phenoxy) is 1. The highest BCUT2D eigenvalue weighted by atomic mass is 16.5. The average Bonchev–Trinajstić information content (AvgIpc) is 3.38. The van der Waals surface area contributed by atoms with Gasteiger partial charge in [-0.2, -0.15) is 0 Å². The van der Waals surface area contributed by atoms with E-state index in [-0.39, 0.29) is 31.1 Å². The summed E-state index contributed by atoms with van der Waals surface area (Å²) < 4.78 is 5.48. The Morgan fingerprint density at radius 1 is 1.29 bits per heavy atom. The van der Waals surface area contributed by atoms with Crippen LogP contribution in [0.3, 0.4) is 0 Å². The van der Waals surface area contributed by atoms with Crippen molar-refractivity contribution in [3.05, 3.63) is 29.8 Å². The van der Waals surface area contributed by atoms with Crippen LogP contribution in [0, 0.1) is 5.41 Å². The summed E-state index contributed by atoms with van der Waals surface area (Å²) in [5, 5.41) is 15.1. The Balaban J connectivity index is 1.47. The van der Waals surface area contributed by atoms with Crippen molar-refractivity contribution in [3.63, 3.8) is 0 Å². The van der Waals surface area contributed by atoms with Crippen molar-refractivity contribution in [3.8, 4) is 5.75 Å². The van der Waals surface area contributed by atoms with Crippen LogP contribution in [0.25, 0.3) is 0 Å². The van der Waals surface area contributed by atoms with Gasteiger partial charge < -0.3 is 25.4 Å². The number of aliphatic carboxylic acids is 1. The third-order valence-corrected chi connectivity index (χ3v) is 5.31. The largest absolute Gasteiger partial charge is 0.484 e. The van der Waals surface area contributed by atoms with E-state index in [0.29, 0.717) is 24.8 Å². The Bertz CT molecular complexity index is 747. The van der Waals surface area contributed by atoms with Crippen LogP contribution < -0.4 is 15.4 Å². The van der Waals surface area contributed by atoms with Crippen molar-refractivity contribution in [2.45, 2.75) is 45.2 Å². The fraction of sp³-hybridized carbons (Fsp3) is 0.550. The lowest BCUT2D eigenvalue weighted by molar-refractivity contribution is -0.147. The molecule has 2 atom stereocenters. The van der Waals surface area contributed by atoms with E-state index >= 15 is 0 Å². The van der Waals surface area contributed by atoms with Crippen molar-refractivity contribution in [2.75, 3.05) is 19.7 Å². The molecule has 0 bridgehead atoms. The zero-order valence-corrected chi connectivity index (χ0v) is 16.2. The summed E-state index contributed by atoms with van der Waals surface area (Å²) in [5.74, 6) is -0.409. The highest BCUT2D eigenvalue weighted by molar-refractivity contribution is 5.79. The number of urea groups is 1. The molecule has 0 radical (unpaired) electrons. The van der Waals surface area contributed by atoms with Crippen molar-refractivity contribution in [1.29, 1.82) is 0 Å². The fourth-order valence-corrected chi connectivity index (χ4v) is 3.17. The van der Waals surface area contributed by atoms with Gasteiger partial charge in [0.15, 0.2) is 6.61 Å². The number of carboxylic acid groups (broad SMARTS) is 1. The third-order valence-electron chi connectivity index (χ3n) is 5.31. The van der Waals surface area contributed by atoms with Crippen LogP contribution in [0.2, 0.25) is 0 Å². The van der Waals surface area contributed by atoms with Crippen LogP contribution in [0.5, 0.6) is 5.75 Å². The first-order valence-corrected chi connectivity index (χ1v) is 9.58. The molecule has 1 aromatic carbocycles. The third kappa shape index (κ3) is 4.94. The van der Waals surface area contributed by atoms with Crippen LogP contribution in [0.1, 0.15) is 44.7 Å². The number of hydrogen-bond acceptors (Lipinski definition) is 4. The lowest BCUT2D eigenvalue weighted by Crippen LogP contribution is -2.41. The molecule has 1 aliphatic heterocycles. The van der Waals surface area contributed by atoms with Gasteiger partial charge >= 0.3 is 12.0 Å². The predicted molar refractivity (Wildman–Crippen MR) is 102 cm³/mol. The zero-order valence-electron chi connectivity index (χ0n) is 16.2. The standard InChI is InChI=1S/C20H27N3O5/c1-13(21-19(27)23-10-9-20(2,12-23)18(25)26)14-3-7-16(8-4-14)28-11-17(24)22-15-5-6-15/h3-4,7-8,13,15H,5-6,9-12H2,1-2H3,(H,21,27)(H,22,24)(H,25,26). The smallest absolute Gasteiger partial charge is 0.317 e. The van der Waals surface area contributed by atoms with Crippen molar-refractivity contribution in [2.24, 2.45) is 5.41 Å². The summed E-state index contributed by atoms with van der Waals surface area (Å²) in [6, 6.07) is 7.01. The molecule has 8 nitrogen and oxygen atoms in total. The predicted octanol–water partition coefficient (Wildman–Crippen LogP) is 1.91. The molecule has 1 heterocycles. The zero-order chi connectivity index (χ0) is 20.3. The van der Waals surface area contributed by atoms with Crippen LogP contribution in [0.15, 0.2) is 24.3 Å². The number of carbonyl (C=O) groups excluding carboxylic acids is 2. The first-order valence-electron chi connectivity index (χ1n) is 9.58. The molecule has 3 rings (SSSR count). The first-order chi connectivity index (χ1) is 13.3. The van der Waals surface area contributed by atoms with Crippen molar-refractivity contribution >= 4 is 17.9 Å². The molecule has 0 aromatic heterocycles. The summed E-state index contributed by atoms with van der Waals surface area (Å²) in [5.41, 5.74) is 0.00840. The molecule has 2 fully saturated rings. The van der Waals surface area contributed by atoms with Gasteiger partial charge in [0.05, 0.1) is 11.5 Å². The van der Waals surface area contributed by atoms with E-state index in [4.69, 9.17) is 4.74 Å². The van der Waals surface area contributed by atoms with E-state index in [2.05, 4.69) is 10.6 Å². The quantitative estimate of drug-likeness (QED) is 0.660. The van der Waals surface area contributed by atoms with Gasteiger partial charge in [-0.15, -0.1) is 0 Å². The number of hydrogen-bond donors (Lipinski definition) is 3. The Morgan fingerprint density at radius 3 is 2.54 bits per heavy atom. The lowest BCUT2D eigenvalue weighted by atomic mass is 9.90. The topological polar surface area (TPSA) is 108 Å². The van der Waals surface area contributed by atoms with E-state index < -0.39 is 11.4 Å². The minimum absolute atomic E-state index is 0.0144. The molecule has 0 spiro atoms. The minimum atomic E-state index is -0.884. The van der Waals surface area contributed by atoms with Crippen LogP contribution in [-0.4, -0.2) is 53.7 Å². The SMILES string of the molecule is CC(NC(=O)N1CCC(C)(C(=O)O)C1)c1ccc(OCC(=O)NC2CC2)cc1. The molecule has 152 valence electrons. The molecule has 28 heavy (non-hydrogen) atoms. The van der Waals surface area contributed by atoms with Crippen molar-refractivity contribution < 1.29 is 24.2 Å². The number of carbonyl (C=O) groups is 3. The second kappa shape index (κ2) is 8.08. The monoisotopic (exact) mass is 389 g/mol. The second-order valence-corrected chi connectivity index (χ2v) is 7.91. The van der Waals surface area contributed by atoms with Crippen molar-refractivity contribution in [1.82, 2.24) is 15.5 Å². The Labute approximate surface area is 164 Å². The van der Waals surface area contributed by atoms with Gasteiger partial charge in [0.2, 0.25) is 0 Å². The molecule has 1 saturated carbocycles. The molecule has 1 saturated heterocycles. The highest BCUT2D eigenvalue weighted by Crippen LogP contribution is 2.30. The molecular weight excluding hydrogens is 362 g/mol. The van der Waals surface area contributed by atoms with E-state index in [1.54, 1.807) is 24.0 Å².